The molecule has 1 aromatic carbocycles. The standard InChI is InChI=1S/C12H13FN2O/c13-9-3-4-11-10(5-9)14-12(16)7-15(11)6-8-1-2-8/h3-5,8H,1-2,6-7H2,(H,14,16). The van der Waals surface area contributed by atoms with Crippen molar-refractivity contribution in [3.8, 4) is 0 Å². The predicted octanol–water partition coefficient (Wildman–Crippen LogP) is 1.99. The van der Waals surface area contributed by atoms with Gasteiger partial charge >= 0.3 is 0 Å². The van der Waals surface area contributed by atoms with Gasteiger partial charge in [-0.25, -0.2) is 4.39 Å². The predicted molar refractivity (Wildman–Crippen MR) is 60.0 cm³/mol. The van der Waals surface area contributed by atoms with Crippen molar-refractivity contribution in [2.45, 2.75) is 12.8 Å². The van der Waals surface area contributed by atoms with Gasteiger partial charge in [-0.15, -0.1) is 0 Å². The van der Waals surface area contributed by atoms with Crippen LogP contribution in [0.15, 0.2) is 18.2 Å². The highest BCUT2D eigenvalue weighted by atomic mass is 19.1. The molecule has 0 saturated heterocycles. The minimum Gasteiger partial charge on any atom is -0.360 e. The third kappa shape index (κ3) is 1.75. The Kier molecular flexibility index (Phi) is 2.09. The molecule has 0 radical (unpaired) electrons. The summed E-state index contributed by atoms with van der Waals surface area (Å²) in [7, 11) is 0. The maximum absolute atomic E-state index is 13.1. The fourth-order valence-electron chi connectivity index (χ4n) is 2.11. The Morgan fingerprint density at radius 3 is 3.00 bits per heavy atom. The number of nitrogens with zero attached hydrogens (tertiary/aromatic N) is 1. The van der Waals surface area contributed by atoms with Crippen LogP contribution in [0.4, 0.5) is 15.8 Å². The molecule has 1 N–H and O–H groups in total. The number of carbonyl (C=O) groups excluding carboxylic acids is 1. The number of fused-ring (bicyclic) bond motifs is 1. The van der Waals surface area contributed by atoms with E-state index in [2.05, 4.69) is 5.32 Å². The number of halogens is 1. The number of hydrogen-bond donors (Lipinski definition) is 1. The first-order chi connectivity index (χ1) is 7.72. The maximum Gasteiger partial charge on any atom is 0.243 e. The minimum absolute atomic E-state index is 0.0567. The van der Waals surface area contributed by atoms with Crippen LogP contribution in [0.25, 0.3) is 0 Å². The van der Waals surface area contributed by atoms with Gasteiger partial charge in [-0.05, 0) is 37.0 Å². The highest BCUT2D eigenvalue weighted by Gasteiger charge is 2.29. The molecular formula is C12H13FN2O. The summed E-state index contributed by atoms with van der Waals surface area (Å²) in [6.45, 7) is 1.29. The van der Waals surface area contributed by atoms with Gasteiger partial charge in [-0.3, -0.25) is 4.79 Å². The van der Waals surface area contributed by atoms with Crippen LogP contribution in [-0.4, -0.2) is 19.0 Å². The Hall–Kier alpha value is -1.58. The van der Waals surface area contributed by atoms with E-state index >= 15 is 0 Å². The molecule has 4 heteroatoms. The van der Waals surface area contributed by atoms with Gasteiger partial charge in [0, 0.05) is 6.54 Å². The van der Waals surface area contributed by atoms with E-state index in [1.54, 1.807) is 6.07 Å². The second-order valence-electron chi connectivity index (χ2n) is 4.53. The molecule has 3 rings (SSSR count). The van der Waals surface area contributed by atoms with Crippen molar-refractivity contribution in [1.82, 2.24) is 0 Å². The van der Waals surface area contributed by atoms with Crippen molar-refractivity contribution in [3.05, 3.63) is 24.0 Å². The largest absolute Gasteiger partial charge is 0.360 e. The van der Waals surface area contributed by atoms with Crippen LogP contribution >= 0.6 is 0 Å². The van der Waals surface area contributed by atoms with Gasteiger partial charge in [-0.1, -0.05) is 0 Å². The summed E-state index contributed by atoms with van der Waals surface area (Å²) in [4.78, 5) is 13.5. The summed E-state index contributed by atoms with van der Waals surface area (Å²) >= 11 is 0. The van der Waals surface area contributed by atoms with Crippen molar-refractivity contribution < 1.29 is 9.18 Å². The van der Waals surface area contributed by atoms with Gasteiger partial charge in [0.05, 0.1) is 17.9 Å². The SMILES string of the molecule is O=C1CN(CC2CC2)c2ccc(F)cc2N1. The van der Waals surface area contributed by atoms with Crippen molar-refractivity contribution in [3.63, 3.8) is 0 Å². The Morgan fingerprint density at radius 1 is 1.44 bits per heavy atom. The van der Waals surface area contributed by atoms with Crippen LogP contribution in [0.2, 0.25) is 0 Å². The molecule has 1 aliphatic carbocycles. The summed E-state index contributed by atoms with van der Waals surface area (Å²) in [5.41, 5.74) is 1.53. The van der Waals surface area contributed by atoms with Gasteiger partial charge in [0.2, 0.25) is 5.91 Å². The van der Waals surface area contributed by atoms with E-state index in [9.17, 15) is 9.18 Å². The molecule has 1 saturated carbocycles. The zero-order valence-electron chi connectivity index (χ0n) is 8.87. The molecule has 1 amide bonds. The van der Waals surface area contributed by atoms with Crippen molar-refractivity contribution in [2.24, 2.45) is 5.92 Å². The first-order valence-electron chi connectivity index (χ1n) is 5.57. The van der Waals surface area contributed by atoms with Gasteiger partial charge < -0.3 is 10.2 Å². The molecule has 0 bridgehead atoms. The number of benzene rings is 1. The Labute approximate surface area is 93.2 Å². The highest BCUT2D eigenvalue weighted by molar-refractivity contribution is 6.01. The van der Waals surface area contributed by atoms with E-state index in [1.165, 1.54) is 25.0 Å². The molecule has 16 heavy (non-hydrogen) atoms. The van der Waals surface area contributed by atoms with Gasteiger partial charge in [0.25, 0.3) is 0 Å². The topological polar surface area (TPSA) is 32.3 Å². The number of amides is 1. The van der Waals surface area contributed by atoms with Gasteiger partial charge in [-0.2, -0.15) is 0 Å². The van der Waals surface area contributed by atoms with E-state index < -0.39 is 0 Å². The second kappa shape index (κ2) is 3.47. The molecule has 1 aliphatic heterocycles. The van der Waals surface area contributed by atoms with E-state index in [4.69, 9.17) is 0 Å². The molecule has 0 spiro atoms. The lowest BCUT2D eigenvalue weighted by Crippen LogP contribution is -2.39. The Morgan fingerprint density at radius 2 is 2.25 bits per heavy atom. The van der Waals surface area contributed by atoms with Crippen LogP contribution in [0.5, 0.6) is 0 Å². The van der Waals surface area contributed by atoms with Gasteiger partial charge in [0.1, 0.15) is 5.82 Å². The minimum atomic E-state index is -0.313. The fraction of sp³-hybridized carbons (Fsp3) is 0.417. The second-order valence-corrected chi connectivity index (χ2v) is 4.53. The molecule has 0 atom stereocenters. The average Bonchev–Trinajstić information content (AvgIpc) is 3.00. The maximum atomic E-state index is 13.1. The summed E-state index contributed by atoms with van der Waals surface area (Å²) in [5.74, 6) is 0.342. The smallest absolute Gasteiger partial charge is 0.243 e. The summed E-state index contributed by atoms with van der Waals surface area (Å²) in [6.07, 6.45) is 2.49. The normalized spacial score (nSPS) is 19.3. The van der Waals surface area contributed by atoms with Crippen LogP contribution in [0, 0.1) is 11.7 Å². The first kappa shape index (κ1) is 9.63. The van der Waals surface area contributed by atoms with E-state index in [0.29, 0.717) is 18.2 Å². The third-order valence-corrected chi connectivity index (χ3v) is 3.08. The van der Waals surface area contributed by atoms with Gasteiger partial charge in [0.15, 0.2) is 0 Å². The Balaban J connectivity index is 1.93. The molecule has 0 unspecified atom stereocenters. The first-order valence-corrected chi connectivity index (χ1v) is 5.57. The van der Waals surface area contributed by atoms with Crippen LogP contribution in [0.3, 0.4) is 0 Å². The van der Waals surface area contributed by atoms with Crippen LogP contribution in [0.1, 0.15) is 12.8 Å². The number of nitrogens with one attached hydrogen (secondary N) is 1. The molecule has 1 heterocycles. The lowest BCUT2D eigenvalue weighted by atomic mass is 10.1. The monoisotopic (exact) mass is 220 g/mol. The molecule has 2 aliphatic rings. The van der Waals surface area contributed by atoms with E-state index in [-0.39, 0.29) is 11.7 Å². The summed E-state index contributed by atoms with van der Waals surface area (Å²) in [6, 6.07) is 4.56. The molecule has 84 valence electrons. The van der Waals surface area contributed by atoms with Crippen LogP contribution < -0.4 is 10.2 Å². The van der Waals surface area contributed by atoms with Crippen molar-refractivity contribution in [2.75, 3.05) is 23.3 Å². The molecular weight excluding hydrogens is 207 g/mol. The average molecular weight is 220 g/mol. The van der Waals surface area contributed by atoms with Crippen molar-refractivity contribution in [1.29, 1.82) is 0 Å². The molecule has 0 aromatic heterocycles. The molecule has 3 nitrogen and oxygen atoms in total. The lowest BCUT2D eigenvalue weighted by molar-refractivity contribution is -0.115. The van der Waals surface area contributed by atoms with E-state index in [1.807, 2.05) is 4.90 Å². The quantitative estimate of drug-likeness (QED) is 0.826. The highest BCUT2D eigenvalue weighted by Crippen LogP contribution is 2.35. The number of hydrogen-bond acceptors (Lipinski definition) is 2. The van der Waals surface area contributed by atoms with Crippen LogP contribution in [-0.2, 0) is 4.79 Å². The fourth-order valence-corrected chi connectivity index (χ4v) is 2.11. The number of carbonyl (C=O) groups is 1. The van der Waals surface area contributed by atoms with Crippen molar-refractivity contribution >= 4 is 17.3 Å². The van der Waals surface area contributed by atoms with E-state index in [0.717, 1.165) is 12.2 Å². The zero-order chi connectivity index (χ0) is 11.1. The molecule has 1 aromatic rings. The Bertz CT molecular complexity index is 443. The third-order valence-electron chi connectivity index (χ3n) is 3.08. The summed E-state index contributed by atoms with van der Waals surface area (Å²) < 4.78 is 13.1. The molecule has 1 fully saturated rings. The number of anilines is 2. The lowest BCUT2D eigenvalue weighted by Gasteiger charge is -2.30. The summed E-state index contributed by atoms with van der Waals surface area (Å²) in [5, 5.41) is 2.70. The number of rotatable bonds is 2. The zero-order valence-corrected chi connectivity index (χ0v) is 8.87.